The second-order valence-corrected chi connectivity index (χ2v) is 21.2. The number of carbonyl (C=O) groups excluding carboxylic acids is 2. The van der Waals surface area contributed by atoms with Crippen LogP contribution in [0.25, 0.3) is 0 Å². The monoisotopic (exact) mass is 693 g/mol. The Morgan fingerprint density at radius 1 is 1.06 bits per heavy atom. The van der Waals surface area contributed by atoms with Gasteiger partial charge in [-0.15, -0.1) is 0 Å². The lowest BCUT2D eigenvalue weighted by molar-refractivity contribution is -0.151. The van der Waals surface area contributed by atoms with Crippen LogP contribution in [0, 0.1) is 28.6 Å². The van der Waals surface area contributed by atoms with E-state index in [1.54, 1.807) is 0 Å². The first-order valence-corrected chi connectivity index (χ1v) is 21.0. The molecule has 0 bridgehead atoms. The Hall–Kier alpha value is -1.74. The SMILES string of the molecule is CCC(O)C(C)C(C)C(O)CC(C)(C)/C=C/C=C(\C)C1OC(=O)CC(O[Si](CC)(CC)C(C)C)CCC(C)(C)C(OC(C)=O)/C=C/C1C. The number of aliphatic hydroxyl groups excluding tert-OH is 2. The van der Waals surface area contributed by atoms with Crippen molar-refractivity contribution in [2.75, 3.05) is 0 Å². The highest BCUT2D eigenvalue weighted by atomic mass is 28.4. The molecule has 2 N–H and O–H groups in total. The molecular weight excluding hydrogens is 621 g/mol. The van der Waals surface area contributed by atoms with Gasteiger partial charge in [-0.05, 0) is 79.1 Å². The zero-order valence-electron chi connectivity index (χ0n) is 33.0. The predicted molar refractivity (Wildman–Crippen MR) is 200 cm³/mol. The van der Waals surface area contributed by atoms with Crippen LogP contribution in [0.1, 0.15) is 129 Å². The number of hydrogen-bond acceptors (Lipinski definition) is 7. The summed E-state index contributed by atoms with van der Waals surface area (Å²) in [6.45, 7) is 28.7. The largest absolute Gasteiger partial charge is 0.458 e. The van der Waals surface area contributed by atoms with E-state index in [0.29, 0.717) is 24.8 Å². The van der Waals surface area contributed by atoms with Gasteiger partial charge in [-0.3, -0.25) is 9.59 Å². The molecule has 1 aliphatic rings. The summed E-state index contributed by atoms with van der Waals surface area (Å²) in [4.78, 5) is 25.8. The number of carbonyl (C=O) groups is 2. The number of ether oxygens (including phenoxy) is 2. The fraction of sp³-hybridized carbons (Fsp3) is 0.800. The minimum atomic E-state index is -2.10. The second kappa shape index (κ2) is 19.6. The Morgan fingerprint density at radius 2 is 1.65 bits per heavy atom. The third kappa shape index (κ3) is 13.5. The molecule has 0 fully saturated rings. The number of cyclic esters (lactones) is 1. The Kier molecular flexibility index (Phi) is 18.1. The van der Waals surface area contributed by atoms with Crippen LogP contribution < -0.4 is 0 Å². The highest BCUT2D eigenvalue weighted by molar-refractivity contribution is 6.75. The number of hydrogen-bond donors (Lipinski definition) is 2. The van der Waals surface area contributed by atoms with E-state index in [0.717, 1.165) is 24.1 Å². The van der Waals surface area contributed by atoms with Crippen LogP contribution in [0.5, 0.6) is 0 Å². The molecule has 1 heterocycles. The third-order valence-corrected chi connectivity index (χ3v) is 16.4. The van der Waals surface area contributed by atoms with Gasteiger partial charge >= 0.3 is 11.9 Å². The molecule has 278 valence electrons. The van der Waals surface area contributed by atoms with Crippen molar-refractivity contribution in [3.63, 3.8) is 0 Å². The Bertz CT molecular complexity index is 1090. The zero-order valence-corrected chi connectivity index (χ0v) is 34.0. The van der Waals surface area contributed by atoms with Gasteiger partial charge in [-0.25, -0.2) is 0 Å². The molecule has 8 atom stereocenters. The Labute approximate surface area is 295 Å². The summed E-state index contributed by atoms with van der Waals surface area (Å²) in [7, 11) is -2.10. The second-order valence-electron chi connectivity index (χ2n) is 16.3. The first-order valence-electron chi connectivity index (χ1n) is 18.6. The van der Waals surface area contributed by atoms with E-state index < -0.39 is 32.7 Å². The standard InChI is InChI=1S/C40H72O7Si/c1-15-34(42)30(8)31(9)35(43)26-39(11,12)23-18-19-28(6)38-29(7)20-21-36(45-32(10)41)40(13,14)24-22-33(25-37(44)46-38)47-48(16-2,17-3)27(4)5/h18-21,23,27,29-31,33-36,38,42-43H,15-17,22,24-26H2,1-14H3/b21-20+,23-18+,28-19+. The summed E-state index contributed by atoms with van der Waals surface area (Å²) in [5.41, 5.74) is 0.650. The minimum absolute atomic E-state index is 0.00124. The third-order valence-electron chi connectivity index (χ3n) is 11.1. The summed E-state index contributed by atoms with van der Waals surface area (Å²) < 4.78 is 19.1. The van der Waals surface area contributed by atoms with Crippen LogP contribution in [0.4, 0.5) is 0 Å². The van der Waals surface area contributed by atoms with Crippen LogP contribution in [-0.2, 0) is 23.5 Å². The molecule has 0 aromatic carbocycles. The lowest BCUT2D eigenvalue weighted by Crippen LogP contribution is -2.45. The molecule has 48 heavy (non-hydrogen) atoms. The van der Waals surface area contributed by atoms with Crippen molar-refractivity contribution >= 4 is 20.3 Å². The maximum absolute atomic E-state index is 13.6. The van der Waals surface area contributed by atoms with Crippen LogP contribution in [0.15, 0.2) is 36.0 Å². The van der Waals surface area contributed by atoms with Gasteiger partial charge in [0.15, 0.2) is 8.32 Å². The minimum Gasteiger partial charge on any atom is -0.458 e. The molecule has 8 unspecified atom stereocenters. The predicted octanol–water partition coefficient (Wildman–Crippen LogP) is 9.34. The molecule has 0 radical (unpaired) electrons. The highest BCUT2D eigenvalue weighted by Gasteiger charge is 2.40. The van der Waals surface area contributed by atoms with Crippen molar-refractivity contribution in [3.8, 4) is 0 Å². The summed E-state index contributed by atoms with van der Waals surface area (Å²) in [5.74, 6) is -0.803. The van der Waals surface area contributed by atoms with Crippen LogP contribution >= 0.6 is 0 Å². The van der Waals surface area contributed by atoms with Gasteiger partial charge in [0.2, 0.25) is 0 Å². The molecule has 1 rings (SSSR count). The molecule has 0 aromatic rings. The fourth-order valence-electron chi connectivity index (χ4n) is 7.01. The number of rotatable bonds is 15. The first kappa shape index (κ1) is 44.3. The number of aliphatic hydroxyl groups is 2. The normalized spacial score (nSPS) is 26.6. The maximum Gasteiger partial charge on any atom is 0.308 e. The molecular formula is C40H72O7Si. The highest BCUT2D eigenvalue weighted by Crippen LogP contribution is 2.37. The molecule has 0 aliphatic carbocycles. The van der Waals surface area contributed by atoms with E-state index in [4.69, 9.17) is 13.9 Å². The first-order chi connectivity index (χ1) is 22.1. The molecule has 0 saturated carbocycles. The van der Waals surface area contributed by atoms with Crippen LogP contribution in [0.3, 0.4) is 0 Å². The topological polar surface area (TPSA) is 102 Å². The van der Waals surface area contributed by atoms with E-state index in [1.807, 2.05) is 58.9 Å². The van der Waals surface area contributed by atoms with Crippen molar-refractivity contribution in [2.45, 2.75) is 177 Å². The molecule has 0 amide bonds. The van der Waals surface area contributed by atoms with Gasteiger partial charge in [0, 0.05) is 18.3 Å². The van der Waals surface area contributed by atoms with Crippen molar-refractivity contribution < 1.29 is 33.7 Å². The maximum atomic E-state index is 13.6. The molecule has 8 heteroatoms. The summed E-state index contributed by atoms with van der Waals surface area (Å²) >= 11 is 0. The van der Waals surface area contributed by atoms with E-state index in [-0.39, 0.29) is 53.0 Å². The molecule has 7 nitrogen and oxygen atoms in total. The summed E-state index contributed by atoms with van der Waals surface area (Å²) in [5, 5.41) is 21.3. The Balaban J connectivity index is 3.42. The van der Waals surface area contributed by atoms with Crippen molar-refractivity contribution in [1.82, 2.24) is 0 Å². The van der Waals surface area contributed by atoms with Gasteiger partial charge in [-0.1, -0.05) is 107 Å². The lowest BCUT2D eigenvalue weighted by Gasteiger charge is -2.39. The summed E-state index contributed by atoms with van der Waals surface area (Å²) in [6.07, 6.45) is 10.6. The average Bonchev–Trinajstić information content (AvgIpc) is 3.00. The van der Waals surface area contributed by atoms with Crippen molar-refractivity contribution in [2.24, 2.45) is 28.6 Å². The van der Waals surface area contributed by atoms with Gasteiger partial charge in [0.1, 0.15) is 12.2 Å². The van der Waals surface area contributed by atoms with Gasteiger partial charge in [0.05, 0.1) is 24.7 Å². The van der Waals surface area contributed by atoms with E-state index in [2.05, 4.69) is 61.5 Å². The number of esters is 2. The smallest absolute Gasteiger partial charge is 0.308 e. The average molecular weight is 693 g/mol. The van der Waals surface area contributed by atoms with Crippen molar-refractivity contribution in [3.05, 3.63) is 36.0 Å². The molecule has 0 saturated heterocycles. The number of allylic oxidation sites excluding steroid dienone is 3. The van der Waals surface area contributed by atoms with E-state index in [9.17, 15) is 19.8 Å². The zero-order chi connectivity index (χ0) is 37.0. The van der Waals surface area contributed by atoms with Crippen LogP contribution in [-0.4, -0.2) is 61.0 Å². The van der Waals surface area contributed by atoms with Gasteiger partial charge in [-0.2, -0.15) is 0 Å². The molecule has 0 spiro atoms. The van der Waals surface area contributed by atoms with Crippen LogP contribution in [0.2, 0.25) is 17.6 Å². The van der Waals surface area contributed by atoms with E-state index >= 15 is 0 Å². The molecule has 0 aromatic heterocycles. The van der Waals surface area contributed by atoms with Gasteiger partial charge < -0.3 is 24.1 Å². The molecule has 1 aliphatic heterocycles. The van der Waals surface area contributed by atoms with E-state index in [1.165, 1.54) is 6.92 Å². The Morgan fingerprint density at radius 3 is 2.17 bits per heavy atom. The van der Waals surface area contributed by atoms with Crippen molar-refractivity contribution in [1.29, 1.82) is 0 Å². The van der Waals surface area contributed by atoms with Gasteiger partial charge in [0.25, 0.3) is 0 Å². The summed E-state index contributed by atoms with van der Waals surface area (Å²) in [6, 6.07) is 1.96. The quantitative estimate of drug-likeness (QED) is 0.0763. The lowest BCUT2D eigenvalue weighted by atomic mass is 9.78. The fourth-order valence-corrected chi connectivity index (χ4v) is 10.6.